The molecule has 1 unspecified atom stereocenters. The van der Waals surface area contributed by atoms with Crippen LogP contribution in [0.5, 0.6) is 0 Å². The summed E-state index contributed by atoms with van der Waals surface area (Å²) in [5, 5.41) is -0.409. The Morgan fingerprint density at radius 1 is 1.78 bits per heavy atom. The van der Waals surface area contributed by atoms with Crippen molar-refractivity contribution >= 4 is 10.2 Å². The minimum Gasteiger partial charge on any atom is -0.363 e. The van der Waals surface area contributed by atoms with Crippen LogP contribution in [0.2, 0.25) is 0 Å². The van der Waals surface area contributed by atoms with Gasteiger partial charge in [0, 0.05) is 0 Å². The van der Waals surface area contributed by atoms with Gasteiger partial charge in [-0.25, -0.2) is 0 Å². The Balaban J connectivity index is 3.58. The number of rotatable bonds is 3. The van der Waals surface area contributed by atoms with Gasteiger partial charge >= 0.3 is 0 Å². The predicted molar refractivity (Wildman–Crippen MR) is 43.1 cm³/mol. The van der Waals surface area contributed by atoms with Crippen LogP contribution in [0.15, 0.2) is 0 Å². The van der Waals surface area contributed by atoms with Crippen LogP contribution < -0.4 is 5.73 Å². The second-order valence-corrected chi connectivity index (χ2v) is 4.42. The van der Waals surface area contributed by atoms with E-state index in [1.54, 1.807) is 0 Å². The van der Waals surface area contributed by atoms with Gasteiger partial charge in [0.25, 0.3) is 0 Å². The van der Waals surface area contributed by atoms with Gasteiger partial charge in [-0.15, -0.1) is 0 Å². The van der Waals surface area contributed by atoms with Crippen LogP contribution in [0.3, 0.4) is 0 Å². The summed E-state index contributed by atoms with van der Waals surface area (Å²) in [5.41, 5.74) is 5.69. The van der Waals surface area contributed by atoms with Crippen molar-refractivity contribution in [2.75, 3.05) is 0 Å². The Bertz CT molecular complexity index is 83.1. The van der Waals surface area contributed by atoms with E-state index in [2.05, 4.69) is 6.92 Å². The van der Waals surface area contributed by atoms with Gasteiger partial charge in [0.2, 0.25) is 0 Å². The monoisotopic (exact) mass is 146 g/mol. The molecule has 0 spiro atoms. The summed E-state index contributed by atoms with van der Waals surface area (Å²) < 4.78 is 5.36. The summed E-state index contributed by atoms with van der Waals surface area (Å²) in [5.74, 6) is 0. The van der Waals surface area contributed by atoms with Crippen LogP contribution in [0, 0.1) is 6.92 Å². The highest BCUT2D eigenvalue weighted by Crippen LogP contribution is 2.05. The van der Waals surface area contributed by atoms with Crippen LogP contribution in [-0.2, 0) is 4.74 Å². The van der Waals surface area contributed by atoms with E-state index in [0.29, 0.717) is 6.42 Å². The van der Waals surface area contributed by atoms with Gasteiger partial charge in [0.1, 0.15) is 0 Å². The number of hydrogen-bond acceptors (Lipinski definition) is 2. The molecule has 0 aliphatic rings. The standard InChI is InChI=1S/C6H16NOSi/c1-4-6(7,9)8-5(2)3/h5H,1,4,7H2,2-3,9H3. The lowest BCUT2D eigenvalue weighted by Gasteiger charge is -2.25. The van der Waals surface area contributed by atoms with E-state index in [-0.39, 0.29) is 6.10 Å². The molecule has 0 heterocycles. The van der Waals surface area contributed by atoms with E-state index < -0.39 is 5.35 Å². The largest absolute Gasteiger partial charge is 0.363 e. The van der Waals surface area contributed by atoms with Gasteiger partial charge in [-0.05, 0) is 27.2 Å². The lowest BCUT2D eigenvalue weighted by Crippen LogP contribution is -2.44. The molecule has 0 saturated carbocycles. The van der Waals surface area contributed by atoms with Crippen molar-refractivity contribution in [3.05, 3.63) is 6.92 Å². The van der Waals surface area contributed by atoms with Crippen molar-refractivity contribution in [2.24, 2.45) is 5.73 Å². The first-order valence-electron chi connectivity index (χ1n) is 3.24. The smallest absolute Gasteiger partial charge is 0.0925 e. The molecular formula is C6H16NOSi. The lowest BCUT2D eigenvalue weighted by molar-refractivity contribution is -0.0176. The highest BCUT2D eigenvalue weighted by atomic mass is 28.1. The molecule has 0 rings (SSSR count). The first-order valence-corrected chi connectivity index (χ1v) is 4.24. The molecule has 0 amide bonds. The third-order valence-electron chi connectivity index (χ3n) is 1.00. The molecule has 55 valence electrons. The maximum absolute atomic E-state index is 5.69. The SMILES string of the molecule is [CH2]CC(N)([SiH3])OC(C)C. The van der Waals surface area contributed by atoms with Gasteiger partial charge < -0.3 is 10.5 Å². The fraction of sp³-hybridized carbons (Fsp3) is 0.833. The molecule has 2 nitrogen and oxygen atoms in total. The van der Waals surface area contributed by atoms with Gasteiger partial charge in [0.15, 0.2) is 0 Å². The van der Waals surface area contributed by atoms with Gasteiger partial charge in [0.05, 0.1) is 21.7 Å². The molecule has 3 heteroatoms. The molecule has 0 aliphatic heterocycles. The van der Waals surface area contributed by atoms with E-state index in [0.717, 1.165) is 10.2 Å². The Morgan fingerprint density at radius 3 is 2.33 bits per heavy atom. The molecule has 9 heavy (non-hydrogen) atoms. The summed E-state index contributed by atoms with van der Waals surface area (Å²) in [6, 6.07) is 0. The second-order valence-electron chi connectivity index (χ2n) is 2.73. The normalized spacial score (nSPS) is 18.3. The molecule has 0 aliphatic carbocycles. The molecule has 0 fully saturated rings. The maximum Gasteiger partial charge on any atom is 0.0925 e. The molecular weight excluding hydrogens is 130 g/mol. The van der Waals surface area contributed by atoms with Crippen molar-refractivity contribution in [3.8, 4) is 0 Å². The molecule has 0 aromatic rings. The molecule has 0 aromatic carbocycles. The number of hydrogen-bond donors (Lipinski definition) is 1. The fourth-order valence-electron chi connectivity index (χ4n) is 0.597. The van der Waals surface area contributed by atoms with E-state index in [9.17, 15) is 0 Å². The minimum absolute atomic E-state index is 0.217. The summed E-state index contributed by atoms with van der Waals surface area (Å²) in [6.45, 7) is 7.66. The Kier molecular flexibility index (Phi) is 3.39. The maximum atomic E-state index is 5.69. The topological polar surface area (TPSA) is 35.2 Å². The zero-order valence-electron chi connectivity index (χ0n) is 6.48. The van der Waals surface area contributed by atoms with E-state index >= 15 is 0 Å². The fourth-order valence-corrected chi connectivity index (χ4v) is 1.07. The van der Waals surface area contributed by atoms with Crippen molar-refractivity contribution < 1.29 is 4.74 Å². The second kappa shape index (κ2) is 3.34. The first-order chi connectivity index (χ1) is 3.98. The summed E-state index contributed by atoms with van der Waals surface area (Å²) in [7, 11) is 0.840. The van der Waals surface area contributed by atoms with Crippen LogP contribution in [0.1, 0.15) is 20.3 Å². The highest BCUT2D eigenvalue weighted by molar-refractivity contribution is 6.14. The predicted octanol–water partition coefficient (Wildman–Crippen LogP) is -0.387. The van der Waals surface area contributed by atoms with Crippen LogP contribution in [-0.4, -0.2) is 21.7 Å². The van der Waals surface area contributed by atoms with Crippen molar-refractivity contribution in [1.29, 1.82) is 0 Å². The van der Waals surface area contributed by atoms with E-state index in [4.69, 9.17) is 10.5 Å². The van der Waals surface area contributed by atoms with Crippen molar-refractivity contribution in [2.45, 2.75) is 31.7 Å². The van der Waals surface area contributed by atoms with Gasteiger partial charge in [-0.1, -0.05) is 0 Å². The third kappa shape index (κ3) is 4.63. The molecule has 0 bridgehead atoms. The summed E-state index contributed by atoms with van der Waals surface area (Å²) >= 11 is 0. The number of ether oxygens (including phenoxy) is 1. The Labute approximate surface area is 60.2 Å². The van der Waals surface area contributed by atoms with Crippen LogP contribution >= 0.6 is 0 Å². The minimum atomic E-state index is -0.409. The third-order valence-corrected chi connectivity index (χ3v) is 1.74. The Morgan fingerprint density at radius 2 is 2.22 bits per heavy atom. The van der Waals surface area contributed by atoms with Crippen LogP contribution in [0.25, 0.3) is 0 Å². The molecule has 0 saturated heterocycles. The molecule has 1 radical (unpaired) electrons. The highest BCUT2D eigenvalue weighted by Gasteiger charge is 2.16. The zero-order valence-corrected chi connectivity index (χ0v) is 8.48. The van der Waals surface area contributed by atoms with Gasteiger partial charge in [-0.3, -0.25) is 0 Å². The lowest BCUT2D eigenvalue weighted by atomic mass is 10.4. The molecule has 2 N–H and O–H groups in total. The number of nitrogens with two attached hydrogens (primary N) is 1. The zero-order chi connectivity index (χ0) is 7.49. The average Bonchev–Trinajstić information content (AvgIpc) is 1.63. The molecule has 0 aromatic heterocycles. The molecule has 1 atom stereocenters. The first kappa shape index (κ1) is 9.14. The van der Waals surface area contributed by atoms with Crippen molar-refractivity contribution in [1.82, 2.24) is 0 Å². The Hall–Kier alpha value is 0.137. The summed E-state index contributed by atoms with van der Waals surface area (Å²) in [6.07, 6.45) is 0.881. The van der Waals surface area contributed by atoms with Crippen molar-refractivity contribution in [3.63, 3.8) is 0 Å². The van der Waals surface area contributed by atoms with E-state index in [1.807, 2.05) is 13.8 Å². The van der Waals surface area contributed by atoms with E-state index in [1.165, 1.54) is 0 Å². The quantitative estimate of drug-likeness (QED) is 0.435. The van der Waals surface area contributed by atoms with Crippen LogP contribution in [0.4, 0.5) is 0 Å². The van der Waals surface area contributed by atoms with Gasteiger partial charge in [-0.2, -0.15) is 0 Å². The summed E-state index contributed by atoms with van der Waals surface area (Å²) in [4.78, 5) is 0. The average molecular weight is 146 g/mol.